The molecule has 2 nitrogen and oxygen atoms in total. The number of carbonyl (C=O) groups is 1. The van der Waals surface area contributed by atoms with Crippen molar-refractivity contribution in [2.45, 2.75) is 18.9 Å². The summed E-state index contributed by atoms with van der Waals surface area (Å²) in [5.41, 5.74) is 2.85. The first-order valence-corrected chi connectivity index (χ1v) is 6.17. The molecule has 0 N–H and O–H groups in total. The van der Waals surface area contributed by atoms with Gasteiger partial charge in [0.25, 0.3) is 0 Å². The van der Waals surface area contributed by atoms with E-state index in [1.165, 1.54) is 12.8 Å². The van der Waals surface area contributed by atoms with Gasteiger partial charge in [-0.05, 0) is 42.2 Å². The van der Waals surface area contributed by atoms with E-state index < -0.39 is 0 Å². The largest absolute Gasteiger partial charge is 0.490 e. The van der Waals surface area contributed by atoms with Gasteiger partial charge in [0.05, 0.1) is 6.10 Å². The smallest absolute Gasteiger partial charge is 0.150 e. The molecule has 0 bridgehead atoms. The first-order chi connectivity index (χ1) is 8.85. The molecule has 2 aromatic carbocycles. The fourth-order valence-electron chi connectivity index (χ4n) is 1.90. The van der Waals surface area contributed by atoms with E-state index in [2.05, 4.69) is 0 Å². The van der Waals surface area contributed by atoms with Crippen LogP contribution in [-0.4, -0.2) is 12.4 Å². The van der Waals surface area contributed by atoms with Crippen LogP contribution in [0.1, 0.15) is 23.2 Å². The first kappa shape index (κ1) is 11.0. The zero-order chi connectivity index (χ0) is 12.4. The Labute approximate surface area is 106 Å². The molecule has 18 heavy (non-hydrogen) atoms. The van der Waals surface area contributed by atoms with Gasteiger partial charge in [-0.15, -0.1) is 0 Å². The summed E-state index contributed by atoms with van der Waals surface area (Å²) in [4.78, 5) is 10.8. The lowest BCUT2D eigenvalue weighted by Gasteiger charge is -2.06. The van der Waals surface area contributed by atoms with E-state index in [-0.39, 0.29) is 0 Å². The third-order valence-corrected chi connectivity index (χ3v) is 3.04. The summed E-state index contributed by atoms with van der Waals surface area (Å²) in [6.45, 7) is 0. The van der Waals surface area contributed by atoms with Gasteiger partial charge < -0.3 is 4.74 Å². The highest BCUT2D eigenvalue weighted by Gasteiger charge is 2.23. The molecule has 1 saturated carbocycles. The van der Waals surface area contributed by atoms with Crippen LogP contribution in [0.2, 0.25) is 0 Å². The molecule has 1 aliphatic rings. The highest BCUT2D eigenvalue weighted by atomic mass is 16.5. The number of ether oxygens (including phenoxy) is 1. The van der Waals surface area contributed by atoms with Crippen molar-refractivity contribution < 1.29 is 9.53 Å². The summed E-state index contributed by atoms with van der Waals surface area (Å²) in [6, 6.07) is 15.6. The lowest BCUT2D eigenvalue weighted by atomic mass is 10.0. The molecular formula is C16H14O2. The van der Waals surface area contributed by atoms with Gasteiger partial charge in [0.1, 0.15) is 12.0 Å². The predicted octanol–water partition coefficient (Wildman–Crippen LogP) is 3.71. The van der Waals surface area contributed by atoms with Gasteiger partial charge in [0.15, 0.2) is 0 Å². The van der Waals surface area contributed by atoms with Crippen molar-refractivity contribution >= 4 is 6.29 Å². The minimum Gasteiger partial charge on any atom is -0.490 e. The highest BCUT2D eigenvalue weighted by Crippen LogP contribution is 2.28. The summed E-state index contributed by atoms with van der Waals surface area (Å²) >= 11 is 0. The Kier molecular flexibility index (Phi) is 2.85. The SMILES string of the molecule is O=Cc1cccc(-c2ccc(OC3CC3)cc2)c1. The van der Waals surface area contributed by atoms with E-state index in [0.29, 0.717) is 11.7 Å². The summed E-state index contributed by atoms with van der Waals surface area (Å²) in [5, 5.41) is 0. The van der Waals surface area contributed by atoms with Crippen molar-refractivity contribution in [2.75, 3.05) is 0 Å². The monoisotopic (exact) mass is 238 g/mol. The molecule has 2 heteroatoms. The Bertz CT molecular complexity index is 554. The van der Waals surface area contributed by atoms with Crippen molar-refractivity contribution in [1.29, 1.82) is 0 Å². The molecule has 0 heterocycles. The van der Waals surface area contributed by atoms with Crippen molar-refractivity contribution in [2.24, 2.45) is 0 Å². The zero-order valence-electron chi connectivity index (χ0n) is 10.0. The zero-order valence-corrected chi connectivity index (χ0v) is 10.0. The van der Waals surface area contributed by atoms with Crippen LogP contribution in [0, 0.1) is 0 Å². The van der Waals surface area contributed by atoms with E-state index in [0.717, 1.165) is 23.2 Å². The second kappa shape index (κ2) is 4.65. The third kappa shape index (κ3) is 2.43. The Balaban J connectivity index is 1.83. The van der Waals surface area contributed by atoms with E-state index in [1.54, 1.807) is 6.07 Å². The molecular weight excluding hydrogens is 224 g/mol. The fraction of sp³-hybridized carbons (Fsp3) is 0.188. The van der Waals surface area contributed by atoms with Crippen molar-refractivity contribution in [3.8, 4) is 16.9 Å². The molecule has 0 spiro atoms. The molecule has 3 rings (SSSR count). The quantitative estimate of drug-likeness (QED) is 0.759. The Morgan fingerprint density at radius 3 is 2.44 bits per heavy atom. The topological polar surface area (TPSA) is 26.3 Å². The van der Waals surface area contributed by atoms with Crippen LogP contribution in [0.4, 0.5) is 0 Å². The second-order valence-corrected chi connectivity index (χ2v) is 4.58. The number of hydrogen-bond acceptors (Lipinski definition) is 2. The molecule has 2 aromatic rings. The van der Waals surface area contributed by atoms with Gasteiger partial charge in [-0.2, -0.15) is 0 Å². The Hall–Kier alpha value is -2.09. The molecule has 1 fully saturated rings. The second-order valence-electron chi connectivity index (χ2n) is 4.58. The summed E-state index contributed by atoms with van der Waals surface area (Å²) in [5.74, 6) is 0.924. The molecule has 0 aliphatic heterocycles. The third-order valence-electron chi connectivity index (χ3n) is 3.04. The van der Waals surface area contributed by atoms with Gasteiger partial charge >= 0.3 is 0 Å². The van der Waals surface area contributed by atoms with Gasteiger partial charge in [0, 0.05) is 5.56 Å². The van der Waals surface area contributed by atoms with Crippen LogP contribution in [0.3, 0.4) is 0 Å². The van der Waals surface area contributed by atoms with E-state index >= 15 is 0 Å². The van der Waals surface area contributed by atoms with Crippen LogP contribution in [0.5, 0.6) is 5.75 Å². The first-order valence-electron chi connectivity index (χ1n) is 6.17. The van der Waals surface area contributed by atoms with Crippen LogP contribution >= 0.6 is 0 Å². The molecule has 0 unspecified atom stereocenters. The molecule has 0 aromatic heterocycles. The maximum Gasteiger partial charge on any atom is 0.150 e. The van der Waals surface area contributed by atoms with Crippen molar-refractivity contribution in [3.05, 3.63) is 54.1 Å². The van der Waals surface area contributed by atoms with Gasteiger partial charge in [-0.25, -0.2) is 0 Å². The van der Waals surface area contributed by atoms with Crippen LogP contribution in [0.25, 0.3) is 11.1 Å². The van der Waals surface area contributed by atoms with Crippen molar-refractivity contribution in [1.82, 2.24) is 0 Å². The molecule has 0 atom stereocenters. The maximum absolute atomic E-state index is 10.8. The van der Waals surface area contributed by atoms with Crippen LogP contribution in [-0.2, 0) is 0 Å². The van der Waals surface area contributed by atoms with Gasteiger partial charge in [-0.1, -0.05) is 30.3 Å². The van der Waals surface area contributed by atoms with Gasteiger partial charge in [-0.3, -0.25) is 4.79 Å². The number of aldehydes is 1. The number of carbonyl (C=O) groups excluding carboxylic acids is 1. The summed E-state index contributed by atoms with van der Waals surface area (Å²) in [6.07, 6.45) is 3.63. The fourth-order valence-corrected chi connectivity index (χ4v) is 1.90. The van der Waals surface area contributed by atoms with Crippen molar-refractivity contribution in [3.63, 3.8) is 0 Å². The lowest BCUT2D eigenvalue weighted by Crippen LogP contribution is -1.95. The average molecular weight is 238 g/mol. The molecule has 1 aliphatic carbocycles. The number of hydrogen-bond donors (Lipinski definition) is 0. The van der Waals surface area contributed by atoms with E-state index in [9.17, 15) is 4.79 Å². The van der Waals surface area contributed by atoms with E-state index in [1.807, 2.05) is 42.5 Å². The minimum atomic E-state index is 0.425. The predicted molar refractivity (Wildman–Crippen MR) is 70.9 cm³/mol. The summed E-state index contributed by atoms with van der Waals surface area (Å²) < 4.78 is 5.70. The summed E-state index contributed by atoms with van der Waals surface area (Å²) in [7, 11) is 0. The Morgan fingerprint density at radius 1 is 1.00 bits per heavy atom. The van der Waals surface area contributed by atoms with Crippen LogP contribution < -0.4 is 4.74 Å². The average Bonchev–Trinajstić information content (AvgIpc) is 3.24. The lowest BCUT2D eigenvalue weighted by molar-refractivity contribution is 0.112. The standard InChI is InChI=1S/C16H14O2/c17-11-12-2-1-3-14(10-12)13-4-6-15(7-5-13)18-16-8-9-16/h1-7,10-11,16H,8-9H2. The van der Waals surface area contributed by atoms with Gasteiger partial charge in [0.2, 0.25) is 0 Å². The van der Waals surface area contributed by atoms with E-state index in [4.69, 9.17) is 4.74 Å². The molecule has 0 amide bonds. The Morgan fingerprint density at radius 2 is 1.78 bits per heavy atom. The minimum absolute atomic E-state index is 0.425. The highest BCUT2D eigenvalue weighted by molar-refractivity contribution is 5.78. The normalized spacial score (nSPS) is 14.2. The maximum atomic E-state index is 10.8. The molecule has 90 valence electrons. The van der Waals surface area contributed by atoms with Crippen LogP contribution in [0.15, 0.2) is 48.5 Å². The molecule has 0 radical (unpaired) electrons. The molecule has 0 saturated heterocycles. The number of rotatable bonds is 4. The number of benzene rings is 2.